The molecule has 0 atom stereocenters. The molecule has 0 radical (unpaired) electrons. The number of hydrogen-bond donors (Lipinski definition) is 0. The summed E-state index contributed by atoms with van der Waals surface area (Å²) in [5, 5.41) is 10.7. The van der Waals surface area contributed by atoms with Crippen LogP contribution in [0.1, 0.15) is 11.1 Å². The lowest BCUT2D eigenvalue weighted by Crippen LogP contribution is -2.05. The summed E-state index contributed by atoms with van der Waals surface area (Å²) in [5.41, 5.74) is 1.20. The Morgan fingerprint density at radius 3 is 2.60 bits per heavy atom. The van der Waals surface area contributed by atoms with Crippen molar-refractivity contribution < 1.29 is 19.2 Å². The quantitative estimate of drug-likeness (QED) is 0.336. The van der Waals surface area contributed by atoms with E-state index in [1.807, 2.05) is 6.07 Å². The van der Waals surface area contributed by atoms with Crippen molar-refractivity contribution in [1.82, 2.24) is 0 Å². The molecule has 0 spiro atoms. The molecule has 0 bridgehead atoms. The third-order valence-electron chi connectivity index (χ3n) is 3.43. The molecule has 0 N–H and O–H groups in total. The second-order valence-electron chi connectivity index (χ2n) is 5.03. The maximum atomic E-state index is 12.1. The van der Waals surface area contributed by atoms with Crippen LogP contribution in [-0.4, -0.2) is 23.9 Å². The van der Waals surface area contributed by atoms with E-state index in [4.69, 9.17) is 9.47 Å². The summed E-state index contributed by atoms with van der Waals surface area (Å²) in [4.78, 5) is 26.4. The van der Waals surface area contributed by atoms with Gasteiger partial charge in [0.2, 0.25) is 5.90 Å². The van der Waals surface area contributed by atoms with E-state index in [0.717, 1.165) is 4.47 Å². The normalized spacial score (nSPS) is 15.0. The van der Waals surface area contributed by atoms with Crippen molar-refractivity contribution in [3.8, 4) is 5.75 Å². The van der Waals surface area contributed by atoms with Gasteiger partial charge in [-0.05, 0) is 36.4 Å². The van der Waals surface area contributed by atoms with Crippen LogP contribution < -0.4 is 4.74 Å². The number of nitro benzene ring substituents is 1. The van der Waals surface area contributed by atoms with Crippen LogP contribution in [-0.2, 0) is 9.53 Å². The minimum Gasteiger partial charge on any atom is -0.496 e. The van der Waals surface area contributed by atoms with Gasteiger partial charge in [-0.2, -0.15) is 0 Å². The van der Waals surface area contributed by atoms with Gasteiger partial charge in [0.1, 0.15) is 5.75 Å². The Morgan fingerprint density at radius 1 is 1.24 bits per heavy atom. The number of cyclic esters (lactones) is 1. The average Bonchev–Trinajstić information content (AvgIpc) is 2.96. The molecule has 0 saturated carbocycles. The zero-order chi connectivity index (χ0) is 18.0. The van der Waals surface area contributed by atoms with E-state index in [2.05, 4.69) is 20.9 Å². The molecule has 2 aromatic rings. The summed E-state index contributed by atoms with van der Waals surface area (Å²) in [6, 6.07) is 11.0. The van der Waals surface area contributed by atoms with Gasteiger partial charge in [0, 0.05) is 27.7 Å². The van der Waals surface area contributed by atoms with Crippen molar-refractivity contribution in [2.24, 2.45) is 4.99 Å². The molecule has 0 saturated heterocycles. The summed E-state index contributed by atoms with van der Waals surface area (Å²) in [6.45, 7) is 0. The number of nitro groups is 1. The Hall–Kier alpha value is -3.00. The Morgan fingerprint density at radius 2 is 1.96 bits per heavy atom. The zero-order valence-electron chi connectivity index (χ0n) is 12.9. The van der Waals surface area contributed by atoms with Crippen LogP contribution in [0, 0.1) is 10.1 Å². The van der Waals surface area contributed by atoms with Gasteiger partial charge in [0.05, 0.1) is 12.0 Å². The first-order chi connectivity index (χ1) is 12.0. The lowest BCUT2D eigenvalue weighted by atomic mass is 10.1. The molecule has 0 fully saturated rings. The van der Waals surface area contributed by atoms with Crippen molar-refractivity contribution in [1.29, 1.82) is 0 Å². The van der Waals surface area contributed by atoms with Crippen LogP contribution in [0.25, 0.3) is 6.08 Å². The van der Waals surface area contributed by atoms with Crippen molar-refractivity contribution in [3.05, 3.63) is 73.9 Å². The molecule has 0 aliphatic carbocycles. The lowest BCUT2D eigenvalue weighted by Gasteiger charge is -2.04. The van der Waals surface area contributed by atoms with E-state index in [0.29, 0.717) is 16.9 Å². The van der Waals surface area contributed by atoms with Crippen LogP contribution >= 0.6 is 15.9 Å². The number of benzene rings is 2. The number of esters is 1. The zero-order valence-corrected chi connectivity index (χ0v) is 14.5. The number of aliphatic imine (C=N–C) groups is 1. The monoisotopic (exact) mass is 402 g/mol. The molecule has 2 aromatic carbocycles. The van der Waals surface area contributed by atoms with Crippen molar-refractivity contribution in [3.63, 3.8) is 0 Å². The minimum atomic E-state index is -0.601. The molecule has 7 nitrogen and oxygen atoms in total. The minimum absolute atomic E-state index is 0.0525. The number of rotatable bonds is 4. The Bertz CT molecular complexity index is 919. The second kappa shape index (κ2) is 6.86. The largest absolute Gasteiger partial charge is 0.496 e. The fourth-order valence-electron chi connectivity index (χ4n) is 2.22. The Balaban J connectivity index is 1.95. The molecule has 126 valence electrons. The number of nitrogens with zero attached hydrogens (tertiary/aromatic N) is 2. The van der Waals surface area contributed by atoms with Crippen LogP contribution in [0.4, 0.5) is 5.69 Å². The fourth-order valence-corrected chi connectivity index (χ4v) is 2.60. The van der Waals surface area contributed by atoms with E-state index >= 15 is 0 Å². The van der Waals surface area contributed by atoms with Crippen LogP contribution in [0.15, 0.2) is 57.6 Å². The van der Waals surface area contributed by atoms with Gasteiger partial charge < -0.3 is 9.47 Å². The van der Waals surface area contributed by atoms with Crippen molar-refractivity contribution >= 4 is 39.6 Å². The van der Waals surface area contributed by atoms with E-state index in [1.165, 1.54) is 31.4 Å². The fraction of sp³-hybridized carbons (Fsp3) is 0.0588. The number of carbonyl (C=O) groups excluding carboxylic acids is 1. The summed E-state index contributed by atoms with van der Waals surface area (Å²) >= 11 is 3.37. The second-order valence-corrected chi connectivity index (χ2v) is 5.94. The average molecular weight is 403 g/mol. The van der Waals surface area contributed by atoms with Gasteiger partial charge in [-0.1, -0.05) is 15.9 Å². The molecule has 1 aliphatic rings. The van der Waals surface area contributed by atoms with Crippen molar-refractivity contribution in [2.75, 3.05) is 7.11 Å². The number of methoxy groups -OCH3 is 1. The number of non-ortho nitro benzene ring substituents is 1. The summed E-state index contributed by atoms with van der Waals surface area (Å²) in [7, 11) is 1.53. The molecule has 0 unspecified atom stereocenters. The van der Waals surface area contributed by atoms with Gasteiger partial charge in [-0.15, -0.1) is 0 Å². The van der Waals surface area contributed by atoms with E-state index < -0.39 is 10.9 Å². The topological polar surface area (TPSA) is 91.0 Å². The molecule has 8 heteroatoms. The van der Waals surface area contributed by atoms with E-state index in [-0.39, 0.29) is 17.3 Å². The molecule has 0 aromatic heterocycles. The molecule has 1 aliphatic heterocycles. The number of hydrogen-bond acceptors (Lipinski definition) is 6. The Kier molecular flexibility index (Phi) is 4.62. The van der Waals surface area contributed by atoms with Crippen LogP contribution in [0.3, 0.4) is 0 Å². The summed E-state index contributed by atoms with van der Waals surface area (Å²) in [5.74, 6) is 0.0815. The summed E-state index contributed by atoms with van der Waals surface area (Å²) in [6.07, 6.45) is 1.56. The number of carbonyl (C=O) groups is 1. The van der Waals surface area contributed by atoms with Gasteiger partial charge in [-0.25, -0.2) is 9.79 Å². The van der Waals surface area contributed by atoms with E-state index in [1.54, 1.807) is 18.2 Å². The standard InChI is InChI=1S/C17H11BrN2O5/c1-24-15-7-4-12(18)8-11(15)9-14-17(21)25-16(19-14)10-2-5-13(6-3-10)20(22)23/h2-9H,1H3/b14-9+. The molecule has 25 heavy (non-hydrogen) atoms. The maximum Gasteiger partial charge on any atom is 0.363 e. The third kappa shape index (κ3) is 3.58. The molecular weight excluding hydrogens is 392 g/mol. The predicted molar refractivity (Wildman–Crippen MR) is 94.4 cm³/mol. The predicted octanol–water partition coefficient (Wildman–Crippen LogP) is 3.71. The number of halogens is 1. The SMILES string of the molecule is COc1ccc(Br)cc1/C=C1/N=C(c2ccc([N+](=O)[O-])cc2)OC1=O. The van der Waals surface area contributed by atoms with Gasteiger partial charge in [-0.3, -0.25) is 10.1 Å². The first-order valence-electron chi connectivity index (χ1n) is 7.09. The summed E-state index contributed by atoms with van der Waals surface area (Å²) < 4.78 is 11.2. The van der Waals surface area contributed by atoms with Crippen LogP contribution in [0.2, 0.25) is 0 Å². The maximum absolute atomic E-state index is 12.1. The highest BCUT2D eigenvalue weighted by atomic mass is 79.9. The smallest absolute Gasteiger partial charge is 0.363 e. The first-order valence-corrected chi connectivity index (χ1v) is 7.88. The molecule has 1 heterocycles. The van der Waals surface area contributed by atoms with Gasteiger partial charge in [0.15, 0.2) is 5.70 Å². The van der Waals surface area contributed by atoms with Crippen LogP contribution in [0.5, 0.6) is 5.75 Å². The van der Waals surface area contributed by atoms with E-state index in [9.17, 15) is 14.9 Å². The van der Waals surface area contributed by atoms with Gasteiger partial charge in [0.25, 0.3) is 5.69 Å². The third-order valence-corrected chi connectivity index (χ3v) is 3.92. The highest BCUT2D eigenvalue weighted by Crippen LogP contribution is 2.27. The molecule has 3 rings (SSSR count). The Labute approximate surface area is 150 Å². The highest BCUT2D eigenvalue weighted by molar-refractivity contribution is 9.10. The van der Waals surface area contributed by atoms with Gasteiger partial charge >= 0.3 is 5.97 Å². The number of ether oxygens (including phenoxy) is 2. The molecule has 0 amide bonds. The molecular formula is C17H11BrN2O5. The highest BCUT2D eigenvalue weighted by Gasteiger charge is 2.25. The van der Waals surface area contributed by atoms with Crippen molar-refractivity contribution in [2.45, 2.75) is 0 Å². The lowest BCUT2D eigenvalue weighted by molar-refractivity contribution is -0.384. The first kappa shape index (κ1) is 16.8.